The normalized spacial score (nSPS) is 17.3. The Labute approximate surface area is 139 Å². The Morgan fingerprint density at radius 3 is 2.68 bits per heavy atom. The molecule has 22 heavy (non-hydrogen) atoms. The Morgan fingerprint density at radius 2 is 1.95 bits per heavy atom. The number of phenolic OH excluding ortho intramolecular Hbond substituents is 1. The molecule has 1 aliphatic heterocycles. The van der Waals surface area contributed by atoms with Gasteiger partial charge in [0.2, 0.25) is 0 Å². The molecule has 3 nitrogen and oxygen atoms in total. The van der Waals surface area contributed by atoms with Crippen LogP contribution in [0.3, 0.4) is 0 Å². The Hall–Kier alpha value is -1.71. The minimum Gasteiger partial charge on any atom is -0.507 e. The van der Waals surface area contributed by atoms with Crippen molar-refractivity contribution in [3.8, 4) is 5.75 Å². The third kappa shape index (κ3) is 2.79. The van der Waals surface area contributed by atoms with Crippen molar-refractivity contribution < 1.29 is 5.11 Å². The molecule has 0 saturated heterocycles. The SMILES string of the molecule is Cc1cc(C)c(O)c(C2=NN[C@H](c3ccc(Cl)cc3Cl)C2)c1. The van der Waals surface area contributed by atoms with Crippen LogP contribution in [0.2, 0.25) is 10.0 Å². The van der Waals surface area contributed by atoms with E-state index >= 15 is 0 Å². The summed E-state index contributed by atoms with van der Waals surface area (Å²) < 4.78 is 0. The molecule has 5 heteroatoms. The Kier molecular flexibility index (Phi) is 4.02. The monoisotopic (exact) mass is 334 g/mol. The first-order chi connectivity index (χ1) is 10.5. The number of hydrogen-bond acceptors (Lipinski definition) is 3. The summed E-state index contributed by atoms with van der Waals surface area (Å²) >= 11 is 12.2. The molecule has 1 aliphatic rings. The van der Waals surface area contributed by atoms with Crippen LogP contribution in [0.1, 0.15) is 34.7 Å². The highest BCUT2D eigenvalue weighted by Crippen LogP contribution is 2.34. The molecule has 2 aromatic rings. The molecule has 1 atom stereocenters. The molecule has 2 N–H and O–H groups in total. The van der Waals surface area contributed by atoms with E-state index in [-0.39, 0.29) is 11.8 Å². The van der Waals surface area contributed by atoms with E-state index in [9.17, 15) is 5.11 Å². The molecule has 0 radical (unpaired) electrons. The summed E-state index contributed by atoms with van der Waals surface area (Å²) in [7, 11) is 0. The smallest absolute Gasteiger partial charge is 0.127 e. The molecule has 0 fully saturated rings. The van der Waals surface area contributed by atoms with Crippen molar-refractivity contribution in [2.24, 2.45) is 5.10 Å². The van der Waals surface area contributed by atoms with Crippen LogP contribution >= 0.6 is 23.2 Å². The van der Waals surface area contributed by atoms with Gasteiger partial charge in [0.1, 0.15) is 5.75 Å². The van der Waals surface area contributed by atoms with E-state index in [0.717, 1.165) is 28.0 Å². The van der Waals surface area contributed by atoms with Crippen molar-refractivity contribution in [1.29, 1.82) is 0 Å². The predicted molar refractivity (Wildman–Crippen MR) is 91.1 cm³/mol. The second kappa shape index (κ2) is 5.82. The van der Waals surface area contributed by atoms with Crippen molar-refractivity contribution in [3.63, 3.8) is 0 Å². The van der Waals surface area contributed by atoms with Gasteiger partial charge in [0.25, 0.3) is 0 Å². The van der Waals surface area contributed by atoms with Gasteiger partial charge in [-0.2, -0.15) is 5.10 Å². The van der Waals surface area contributed by atoms with Gasteiger partial charge in [0.05, 0.1) is 11.8 Å². The van der Waals surface area contributed by atoms with E-state index < -0.39 is 0 Å². The molecular weight excluding hydrogens is 319 g/mol. The first kappa shape index (κ1) is 15.2. The Bertz CT molecular complexity index is 771. The highest BCUT2D eigenvalue weighted by atomic mass is 35.5. The van der Waals surface area contributed by atoms with Crippen LogP contribution in [0.4, 0.5) is 0 Å². The second-order valence-electron chi connectivity index (χ2n) is 5.59. The summed E-state index contributed by atoms with van der Waals surface area (Å²) in [5, 5.41) is 15.9. The third-order valence-electron chi connectivity index (χ3n) is 3.85. The zero-order chi connectivity index (χ0) is 15.9. The zero-order valence-electron chi connectivity index (χ0n) is 12.3. The molecular formula is C17H16Cl2N2O. The molecule has 0 amide bonds. The van der Waals surface area contributed by atoms with Gasteiger partial charge in [-0.3, -0.25) is 0 Å². The second-order valence-corrected chi connectivity index (χ2v) is 6.43. The first-order valence-corrected chi connectivity index (χ1v) is 7.79. The molecule has 1 heterocycles. The fourth-order valence-corrected chi connectivity index (χ4v) is 3.29. The summed E-state index contributed by atoms with van der Waals surface area (Å²) in [4.78, 5) is 0. The quantitative estimate of drug-likeness (QED) is 0.831. The fourth-order valence-electron chi connectivity index (χ4n) is 2.75. The van der Waals surface area contributed by atoms with Gasteiger partial charge < -0.3 is 10.5 Å². The number of benzene rings is 2. The maximum atomic E-state index is 10.3. The first-order valence-electron chi connectivity index (χ1n) is 7.03. The van der Waals surface area contributed by atoms with Gasteiger partial charge >= 0.3 is 0 Å². The third-order valence-corrected chi connectivity index (χ3v) is 4.41. The minimum absolute atomic E-state index is 0.0139. The molecule has 0 aromatic heterocycles. The van der Waals surface area contributed by atoms with Crippen LogP contribution in [0.5, 0.6) is 5.75 Å². The van der Waals surface area contributed by atoms with Gasteiger partial charge in [-0.15, -0.1) is 0 Å². The van der Waals surface area contributed by atoms with E-state index in [1.807, 2.05) is 38.1 Å². The number of aromatic hydroxyl groups is 1. The Balaban J connectivity index is 1.89. The molecule has 3 rings (SSSR count). The number of phenols is 1. The average molecular weight is 335 g/mol. The number of rotatable bonds is 2. The standard InChI is InChI=1S/C17H16Cl2N2O/c1-9-5-10(2)17(22)13(6-9)16-8-15(20-21-16)12-4-3-11(18)7-14(12)19/h3-7,15,20,22H,8H2,1-2H3/t15-/m0/s1. The molecule has 0 unspecified atom stereocenters. The van der Waals surface area contributed by atoms with Gasteiger partial charge in [-0.1, -0.05) is 35.3 Å². The van der Waals surface area contributed by atoms with E-state index in [4.69, 9.17) is 23.2 Å². The van der Waals surface area contributed by atoms with Crippen LogP contribution in [-0.4, -0.2) is 10.8 Å². The van der Waals surface area contributed by atoms with Crippen molar-refractivity contribution in [1.82, 2.24) is 5.43 Å². The zero-order valence-corrected chi connectivity index (χ0v) is 13.8. The van der Waals surface area contributed by atoms with Gasteiger partial charge in [0, 0.05) is 22.0 Å². The molecule has 0 saturated carbocycles. The lowest BCUT2D eigenvalue weighted by atomic mass is 9.96. The molecule has 2 aromatic carbocycles. The number of halogens is 2. The van der Waals surface area contributed by atoms with E-state index in [1.165, 1.54) is 0 Å². The summed E-state index contributed by atoms with van der Waals surface area (Å²) in [6, 6.07) is 9.34. The van der Waals surface area contributed by atoms with Gasteiger partial charge in [-0.25, -0.2) is 0 Å². The lowest BCUT2D eigenvalue weighted by Gasteiger charge is -2.13. The fraction of sp³-hybridized carbons (Fsp3) is 0.235. The van der Waals surface area contributed by atoms with E-state index in [2.05, 4.69) is 10.5 Å². The van der Waals surface area contributed by atoms with E-state index in [1.54, 1.807) is 6.07 Å². The molecule has 0 spiro atoms. The van der Waals surface area contributed by atoms with Crippen LogP contribution in [0.15, 0.2) is 35.4 Å². The van der Waals surface area contributed by atoms with Gasteiger partial charge in [-0.05, 0) is 48.7 Å². The van der Waals surface area contributed by atoms with Crippen LogP contribution in [0.25, 0.3) is 0 Å². The minimum atomic E-state index is -0.0139. The van der Waals surface area contributed by atoms with E-state index in [0.29, 0.717) is 16.5 Å². The Morgan fingerprint density at radius 1 is 1.18 bits per heavy atom. The lowest BCUT2D eigenvalue weighted by molar-refractivity contribution is 0.469. The molecule has 0 bridgehead atoms. The number of hydrazone groups is 1. The maximum Gasteiger partial charge on any atom is 0.127 e. The number of nitrogens with zero attached hydrogens (tertiary/aromatic N) is 1. The van der Waals surface area contributed by atoms with Crippen LogP contribution in [0, 0.1) is 13.8 Å². The van der Waals surface area contributed by atoms with Crippen molar-refractivity contribution in [3.05, 3.63) is 62.6 Å². The molecule has 114 valence electrons. The summed E-state index contributed by atoms with van der Waals surface area (Å²) in [6.07, 6.45) is 0.664. The average Bonchev–Trinajstić information content (AvgIpc) is 2.92. The topological polar surface area (TPSA) is 44.6 Å². The number of aryl methyl sites for hydroxylation is 2. The highest BCUT2D eigenvalue weighted by molar-refractivity contribution is 6.35. The summed E-state index contributed by atoms with van der Waals surface area (Å²) in [6.45, 7) is 3.90. The highest BCUT2D eigenvalue weighted by Gasteiger charge is 2.25. The maximum absolute atomic E-state index is 10.3. The lowest BCUT2D eigenvalue weighted by Crippen LogP contribution is -2.10. The van der Waals surface area contributed by atoms with Crippen molar-refractivity contribution in [2.75, 3.05) is 0 Å². The predicted octanol–water partition coefficient (Wildman–Crippen LogP) is 4.75. The largest absolute Gasteiger partial charge is 0.507 e. The number of nitrogens with one attached hydrogen (secondary N) is 1. The summed E-state index contributed by atoms with van der Waals surface area (Å²) in [5.74, 6) is 0.286. The van der Waals surface area contributed by atoms with Crippen LogP contribution in [-0.2, 0) is 0 Å². The molecule has 0 aliphatic carbocycles. The van der Waals surface area contributed by atoms with Gasteiger partial charge in [0.15, 0.2) is 0 Å². The van der Waals surface area contributed by atoms with Crippen molar-refractivity contribution >= 4 is 28.9 Å². The number of hydrogen-bond donors (Lipinski definition) is 2. The van der Waals surface area contributed by atoms with Crippen LogP contribution < -0.4 is 5.43 Å². The summed E-state index contributed by atoms with van der Waals surface area (Å²) in [5.41, 5.74) is 7.61. The van der Waals surface area contributed by atoms with Crippen molar-refractivity contribution in [2.45, 2.75) is 26.3 Å².